The Kier molecular flexibility index (Phi) is 4.96. The van der Waals surface area contributed by atoms with E-state index in [9.17, 15) is 13.2 Å². The molecule has 0 N–H and O–H groups in total. The Morgan fingerprint density at radius 1 is 1.23 bits per heavy atom. The highest BCUT2D eigenvalue weighted by atomic mass is 32.2. The zero-order chi connectivity index (χ0) is 18.4. The van der Waals surface area contributed by atoms with E-state index in [0.29, 0.717) is 16.0 Å². The van der Waals surface area contributed by atoms with Crippen molar-refractivity contribution in [3.63, 3.8) is 0 Å². The summed E-state index contributed by atoms with van der Waals surface area (Å²) in [5.41, 5.74) is 0.292. The summed E-state index contributed by atoms with van der Waals surface area (Å²) in [7, 11) is 0. The fourth-order valence-electron chi connectivity index (χ4n) is 4.23. The van der Waals surface area contributed by atoms with Crippen LogP contribution in [0.5, 0.6) is 0 Å². The van der Waals surface area contributed by atoms with Gasteiger partial charge in [-0.25, -0.2) is 9.29 Å². The first-order valence-electron chi connectivity index (χ1n) is 9.10. The van der Waals surface area contributed by atoms with Crippen LogP contribution in [0.1, 0.15) is 24.0 Å². The molecule has 1 aromatic heterocycles. The number of aryl methyl sites for hydroxylation is 1. The summed E-state index contributed by atoms with van der Waals surface area (Å²) in [4.78, 5) is 6.57. The van der Waals surface area contributed by atoms with Gasteiger partial charge in [0.1, 0.15) is 5.03 Å². The van der Waals surface area contributed by atoms with Gasteiger partial charge in [-0.3, -0.25) is 0 Å². The zero-order valence-corrected chi connectivity index (χ0v) is 15.7. The lowest BCUT2D eigenvalue weighted by molar-refractivity contribution is -0.137. The summed E-state index contributed by atoms with van der Waals surface area (Å²) in [5.74, 6) is 0.769. The molecule has 0 amide bonds. The van der Waals surface area contributed by atoms with Gasteiger partial charge in [0, 0.05) is 57.5 Å². The van der Waals surface area contributed by atoms with Crippen molar-refractivity contribution < 1.29 is 17.9 Å². The van der Waals surface area contributed by atoms with Crippen LogP contribution < -0.4 is 0 Å². The molecule has 0 bridgehead atoms. The van der Waals surface area contributed by atoms with Crippen LogP contribution in [0.2, 0.25) is 0 Å². The lowest BCUT2D eigenvalue weighted by Crippen LogP contribution is -2.70. The average Bonchev–Trinajstić information content (AvgIpc) is 2.52. The maximum absolute atomic E-state index is 12.7. The van der Waals surface area contributed by atoms with Crippen molar-refractivity contribution >= 4 is 11.9 Å². The molecule has 4 rings (SSSR count). The van der Waals surface area contributed by atoms with Gasteiger partial charge in [0.2, 0.25) is 0 Å². The molecule has 0 aromatic carbocycles. The molecule has 3 aliphatic rings. The van der Waals surface area contributed by atoms with Crippen LogP contribution in [0.25, 0.3) is 0 Å². The predicted molar refractivity (Wildman–Crippen MR) is 93.8 cm³/mol. The molecule has 26 heavy (non-hydrogen) atoms. The van der Waals surface area contributed by atoms with Crippen LogP contribution >= 0.6 is 11.9 Å². The second kappa shape index (κ2) is 6.96. The fraction of sp³-hybridized carbons (Fsp3) is 0.722. The lowest BCUT2D eigenvalue weighted by Gasteiger charge is -2.60. The first-order chi connectivity index (χ1) is 12.3. The summed E-state index contributed by atoms with van der Waals surface area (Å²) < 4.78 is 45.8. The molecule has 144 valence electrons. The van der Waals surface area contributed by atoms with Crippen LogP contribution in [0.3, 0.4) is 0 Å². The van der Waals surface area contributed by atoms with Crippen LogP contribution in [0, 0.1) is 18.3 Å². The Morgan fingerprint density at radius 2 is 1.92 bits per heavy atom. The van der Waals surface area contributed by atoms with Crippen molar-refractivity contribution in [2.24, 2.45) is 11.3 Å². The number of ether oxygens (including phenoxy) is 1. The van der Waals surface area contributed by atoms with E-state index in [0.717, 1.165) is 51.5 Å². The van der Waals surface area contributed by atoms with Crippen LogP contribution in [-0.2, 0) is 10.9 Å². The molecule has 0 aliphatic carbocycles. The molecule has 1 aromatic rings. The van der Waals surface area contributed by atoms with Gasteiger partial charge in [-0.05, 0) is 49.3 Å². The van der Waals surface area contributed by atoms with Gasteiger partial charge in [-0.1, -0.05) is 0 Å². The van der Waals surface area contributed by atoms with E-state index < -0.39 is 11.7 Å². The van der Waals surface area contributed by atoms with Crippen molar-refractivity contribution in [3.8, 4) is 0 Å². The second-order valence-electron chi connectivity index (χ2n) is 7.96. The smallest absolute Gasteiger partial charge is 0.381 e. The molecular formula is C18H24F3N3OS. The van der Waals surface area contributed by atoms with Gasteiger partial charge in [0.15, 0.2) is 0 Å². The number of rotatable bonds is 4. The van der Waals surface area contributed by atoms with Crippen molar-refractivity contribution in [2.75, 3.05) is 45.9 Å². The number of aromatic nitrogens is 1. The number of alkyl halides is 3. The Morgan fingerprint density at radius 3 is 2.54 bits per heavy atom. The van der Waals surface area contributed by atoms with Gasteiger partial charge in [0.25, 0.3) is 0 Å². The number of halogens is 3. The topological polar surface area (TPSA) is 28.6 Å². The van der Waals surface area contributed by atoms with Crippen LogP contribution in [0.4, 0.5) is 13.2 Å². The van der Waals surface area contributed by atoms with Crippen LogP contribution in [-0.4, -0.2) is 60.1 Å². The largest absolute Gasteiger partial charge is 0.417 e. The van der Waals surface area contributed by atoms with Gasteiger partial charge in [0.05, 0.1) is 5.56 Å². The minimum atomic E-state index is -4.33. The van der Waals surface area contributed by atoms with E-state index in [1.807, 2.05) is 0 Å². The highest BCUT2D eigenvalue weighted by Gasteiger charge is 2.52. The van der Waals surface area contributed by atoms with Gasteiger partial charge >= 0.3 is 6.18 Å². The van der Waals surface area contributed by atoms with E-state index in [2.05, 4.69) is 14.2 Å². The zero-order valence-electron chi connectivity index (χ0n) is 14.9. The Balaban J connectivity index is 1.23. The van der Waals surface area contributed by atoms with E-state index >= 15 is 0 Å². The van der Waals surface area contributed by atoms with E-state index in [-0.39, 0.29) is 0 Å². The first-order valence-corrected chi connectivity index (χ1v) is 9.87. The van der Waals surface area contributed by atoms with E-state index in [4.69, 9.17) is 4.74 Å². The van der Waals surface area contributed by atoms with Crippen molar-refractivity contribution in [2.45, 2.75) is 31.0 Å². The number of hydrogen-bond acceptors (Lipinski definition) is 5. The number of hydrogen-bond donors (Lipinski definition) is 0. The van der Waals surface area contributed by atoms with Gasteiger partial charge in [-0.15, -0.1) is 0 Å². The molecule has 1 spiro atoms. The lowest BCUT2D eigenvalue weighted by atomic mass is 9.74. The summed E-state index contributed by atoms with van der Waals surface area (Å²) >= 11 is 1.48. The molecule has 4 nitrogen and oxygen atoms in total. The minimum absolute atomic E-state index is 0.387. The molecule has 3 aliphatic heterocycles. The van der Waals surface area contributed by atoms with Gasteiger partial charge in [-0.2, -0.15) is 13.2 Å². The molecule has 3 saturated heterocycles. The number of nitrogens with zero attached hydrogens (tertiary/aromatic N) is 3. The van der Waals surface area contributed by atoms with Crippen LogP contribution in [0.15, 0.2) is 17.3 Å². The maximum Gasteiger partial charge on any atom is 0.417 e. The predicted octanol–water partition coefficient (Wildman–Crippen LogP) is 3.46. The Bertz CT molecular complexity index is 650. The Labute approximate surface area is 156 Å². The highest BCUT2D eigenvalue weighted by molar-refractivity contribution is 7.97. The third kappa shape index (κ3) is 3.88. The van der Waals surface area contributed by atoms with E-state index in [1.54, 1.807) is 6.92 Å². The normalized spacial score (nSPS) is 24.5. The summed E-state index contributed by atoms with van der Waals surface area (Å²) in [6.07, 6.45) is -1.06. The minimum Gasteiger partial charge on any atom is -0.381 e. The SMILES string of the molecule is Cc1cc(C(F)(F)F)cnc1SN1CC2(CN(CC3CCOCC3)C2)C1. The second-order valence-corrected chi connectivity index (χ2v) is 9.04. The molecule has 4 heterocycles. The maximum atomic E-state index is 12.7. The van der Waals surface area contributed by atoms with Crippen molar-refractivity contribution in [1.82, 2.24) is 14.2 Å². The summed E-state index contributed by atoms with van der Waals surface area (Å²) in [6, 6.07) is 1.18. The number of likely N-dealkylation sites (tertiary alicyclic amines) is 1. The molecular weight excluding hydrogens is 363 g/mol. The summed E-state index contributed by atoms with van der Waals surface area (Å²) in [5, 5.41) is 0.672. The van der Waals surface area contributed by atoms with Crippen molar-refractivity contribution in [3.05, 3.63) is 23.4 Å². The highest BCUT2D eigenvalue weighted by Crippen LogP contribution is 2.45. The monoisotopic (exact) mass is 387 g/mol. The summed E-state index contributed by atoms with van der Waals surface area (Å²) in [6.45, 7) is 8.92. The molecule has 0 saturated carbocycles. The number of pyridine rings is 1. The molecule has 0 radical (unpaired) electrons. The van der Waals surface area contributed by atoms with Gasteiger partial charge < -0.3 is 9.64 Å². The fourth-order valence-corrected chi connectivity index (χ4v) is 5.45. The third-order valence-electron chi connectivity index (χ3n) is 5.57. The standard InChI is InChI=1S/C18H24F3N3OS/c1-13-6-15(18(19,20)21)7-22-16(13)26-24-11-17(12-24)9-23(10-17)8-14-2-4-25-5-3-14/h6-7,14H,2-5,8-12H2,1H3. The van der Waals surface area contributed by atoms with E-state index in [1.165, 1.54) is 37.4 Å². The van der Waals surface area contributed by atoms with Crippen molar-refractivity contribution in [1.29, 1.82) is 0 Å². The molecule has 8 heteroatoms. The molecule has 3 fully saturated rings. The first kappa shape index (κ1) is 18.5. The quantitative estimate of drug-likeness (QED) is 0.738. The molecule has 0 atom stereocenters. The Hall–Kier alpha value is -0.830. The third-order valence-corrected chi connectivity index (χ3v) is 6.69. The molecule has 0 unspecified atom stereocenters. The average molecular weight is 387 g/mol.